The van der Waals surface area contributed by atoms with Crippen molar-refractivity contribution >= 4 is 27.5 Å². The number of aryl methyl sites for hydroxylation is 1. The summed E-state index contributed by atoms with van der Waals surface area (Å²) < 4.78 is 1.02. The standard InChI is InChI=1S/C15H15BrClN/c1-10-6-7-12(9-14(10)17)15(2,18)11-4-3-5-13(16)8-11/h3-9H,18H2,1-2H3. The first-order valence-electron chi connectivity index (χ1n) is 5.73. The molecule has 2 rings (SSSR count). The van der Waals surface area contributed by atoms with E-state index in [9.17, 15) is 0 Å². The van der Waals surface area contributed by atoms with Crippen molar-refractivity contribution in [1.82, 2.24) is 0 Å². The zero-order valence-corrected chi connectivity index (χ0v) is 12.7. The van der Waals surface area contributed by atoms with Gasteiger partial charge in [-0.05, 0) is 48.7 Å². The summed E-state index contributed by atoms with van der Waals surface area (Å²) in [5, 5.41) is 0.749. The number of rotatable bonds is 2. The van der Waals surface area contributed by atoms with Gasteiger partial charge in [0.15, 0.2) is 0 Å². The van der Waals surface area contributed by atoms with Gasteiger partial charge in [0, 0.05) is 9.50 Å². The Labute approximate surface area is 121 Å². The van der Waals surface area contributed by atoms with Crippen molar-refractivity contribution in [3.05, 3.63) is 68.7 Å². The average Bonchev–Trinajstić information content (AvgIpc) is 2.32. The summed E-state index contributed by atoms with van der Waals surface area (Å²) in [5.41, 5.74) is 9.04. The van der Waals surface area contributed by atoms with Crippen LogP contribution in [0.1, 0.15) is 23.6 Å². The summed E-state index contributed by atoms with van der Waals surface area (Å²) in [5.74, 6) is 0. The van der Waals surface area contributed by atoms with Crippen molar-refractivity contribution in [3.8, 4) is 0 Å². The molecular weight excluding hydrogens is 310 g/mol. The topological polar surface area (TPSA) is 26.0 Å². The Bertz CT molecular complexity index is 578. The molecule has 0 radical (unpaired) electrons. The van der Waals surface area contributed by atoms with E-state index in [0.717, 1.165) is 26.2 Å². The van der Waals surface area contributed by atoms with Crippen LogP contribution in [0.2, 0.25) is 5.02 Å². The van der Waals surface area contributed by atoms with E-state index >= 15 is 0 Å². The van der Waals surface area contributed by atoms with Crippen molar-refractivity contribution in [3.63, 3.8) is 0 Å². The summed E-state index contributed by atoms with van der Waals surface area (Å²) in [7, 11) is 0. The normalized spacial score (nSPS) is 14.3. The largest absolute Gasteiger partial charge is 0.318 e. The second-order valence-corrected chi connectivity index (χ2v) is 6.00. The molecule has 0 amide bonds. The molecule has 2 aromatic carbocycles. The predicted octanol–water partition coefficient (Wildman–Crippen LogP) is 4.63. The minimum atomic E-state index is -0.554. The summed E-state index contributed by atoms with van der Waals surface area (Å²) in [6.07, 6.45) is 0. The molecule has 3 heteroatoms. The molecule has 0 saturated carbocycles. The number of benzene rings is 2. The van der Waals surface area contributed by atoms with Crippen molar-refractivity contribution in [2.75, 3.05) is 0 Å². The maximum absolute atomic E-state index is 6.47. The maximum atomic E-state index is 6.47. The highest BCUT2D eigenvalue weighted by Crippen LogP contribution is 2.30. The number of halogens is 2. The Kier molecular flexibility index (Phi) is 3.81. The minimum Gasteiger partial charge on any atom is -0.318 e. The SMILES string of the molecule is Cc1ccc(C(C)(N)c2cccc(Br)c2)cc1Cl. The first-order valence-corrected chi connectivity index (χ1v) is 6.90. The fraction of sp³-hybridized carbons (Fsp3) is 0.200. The molecule has 0 spiro atoms. The third-order valence-electron chi connectivity index (χ3n) is 3.20. The first-order chi connectivity index (χ1) is 8.41. The van der Waals surface area contributed by atoms with Crippen LogP contribution in [0.5, 0.6) is 0 Å². The summed E-state index contributed by atoms with van der Waals surface area (Å²) >= 11 is 9.65. The zero-order valence-electron chi connectivity index (χ0n) is 10.4. The molecule has 0 fully saturated rings. The third kappa shape index (κ3) is 2.61. The van der Waals surface area contributed by atoms with Crippen LogP contribution in [0.4, 0.5) is 0 Å². The Hall–Kier alpha value is -0.830. The Balaban J connectivity index is 2.50. The molecule has 0 aliphatic rings. The van der Waals surface area contributed by atoms with E-state index < -0.39 is 5.54 Å². The van der Waals surface area contributed by atoms with Gasteiger partial charge in [-0.15, -0.1) is 0 Å². The quantitative estimate of drug-likeness (QED) is 0.856. The average molecular weight is 325 g/mol. The van der Waals surface area contributed by atoms with Crippen molar-refractivity contribution < 1.29 is 0 Å². The van der Waals surface area contributed by atoms with Gasteiger partial charge in [0.2, 0.25) is 0 Å². The molecule has 0 aliphatic carbocycles. The Morgan fingerprint density at radius 3 is 2.39 bits per heavy atom. The molecule has 2 aromatic rings. The molecule has 1 atom stereocenters. The number of nitrogens with two attached hydrogens (primary N) is 1. The summed E-state index contributed by atoms with van der Waals surface area (Å²) in [4.78, 5) is 0. The van der Waals surface area contributed by atoms with Crippen LogP contribution >= 0.6 is 27.5 Å². The lowest BCUT2D eigenvalue weighted by Crippen LogP contribution is -2.34. The van der Waals surface area contributed by atoms with Crippen LogP contribution in [0.15, 0.2) is 46.9 Å². The van der Waals surface area contributed by atoms with E-state index in [2.05, 4.69) is 15.9 Å². The Morgan fingerprint density at radius 1 is 1.11 bits per heavy atom. The molecule has 0 aliphatic heterocycles. The van der Waals surface area contributed by atoms with Crippen LogP contribution in [0, 0.1) is 6.92 Å². The molecule has 0 aromatic heterocycles. The summed E-state index contributed by atoms with van der Waals surface area (Å²) in [6.45, 7) is 3.98. The van der Waals surface area contributed by atoms with Crippen LogP contribution in [-0.4, -0.2) is 0 Å². The maximum Gasteiger partial charge on any atom is 0.0637 e. The highest BCUT2D eigenvalue weighted by atomic mass is 79.9. The molecule has 0 heterocycles. The molecule has 94 valence electrons. The minimum absolute atomic E-state index is 0.554. The Morgan fingerprint density at radius 2 is 1.78 bits per heavy atom. The van der Waals surface area contributed by atoms with Crippen LogP contribution in [-0.2, 0) is 5.54 Å². The van der Waals surface area contributed by atoms with Crippen LogP contribution < -0.4 is 5.73 Å². The van der Waals surface area contributed by atoms with E-state index in [1.165, 1.54) is 0 Å². The molecule has 18 heavy (non-hydrogen) atoms. The monoisotopic (exact) mass is 323 g/mol. The van der Waals surface area contributed by atoms with Crippen molar-refractivity contribution in [1.29, 1.82) is 0 Å². The lowest BCUT2D eigenvalue weighted by Gasteiger charge is -2.26. The van der Waals surface area contributed by atoms with Crippen LogP contribution in [0.3, 0.4) is 0 Å². The highest BCUT2D eigenvalue weighted by Gasteiger charge is 2.24. The van der Waals surface area contributed by atoms with Gasteiger partial charge in [-0.25, -0.2) is 0 Å². The third-order valence-corrected chi connectivity index (χ3v) is 4.10. The number of hydrogen-bond acceptors (Lipinski definition) is 1. The lowest BCUT2D eigenvalue weighted by atomic mass is 9.85. The fourth-order valence-electron chi connectivity index (χ4n) is 1.89. The molecule has 0 saturated heterocycles. The second-order valence-electron chi connectivity index (χ2n) is 4.68. The van der Waals surface area contributed by atoms with Crippen molar-refractivity contribution in [2.24, 2.45) is 5.73 Å². The molecule has 1 nitrogen and oxygen atoms in total. The predicted molar refractivity (Wildman–Crippen MR) is 81.0 cm³/mol. The van der Waals surface area contributed by atoms with Gasteiger partial charge in [-0.2, -0.15) is 0 Å². The van der Waals surface area contributed by atoms with E-state index in [1.807, 2.05) is 56.3 Å². The van der Waals surface area contributed by atoms with E-state index in [0.29, 0.717) is 0 Å². The zero-order chi connectivity index (χ0) is 13.3. The second kappa shape index (κ2) is 5.04. The summed E-state index contributed by atoms with van der Waals surface area (Å²) in [6, 6.07) is 14.0. The number of hydrogen-bond donors (Lipinski definition) is 1. The van der Waals surface area contributed by atoms with Gasteiger partial charge in [-0.3, -0.25) is 0 Å². The molecule has 1 unspecified atom stereocenters. The van der Waals surface area contributed by atoms with E-state index in [1.54, 1.807) is 0 Å². The van der Waals surface area contributed by atoms with E-state index in [4.69, 9.17) is 17.3 Å². The molecular formula is C15H15BrClN. The van der Waals surface area contributed by atoms with Gasteiger partial charge in [0.25, 0.3) is 0 Å². The van der Waals surface area contributed by atoms with Gasteiger partial charge in [0.05, 0.1) is 5.54 Å². The van der Waals surface area contributed by atoms with E-state index in [-0.39, 0.29) is 0 Å². The van der Waals surface area contributed by atoms with Crippen molar-refractivity contribution in [2.45, 2.75) is 19.4 Å². The highest BCUT2D eigenvalue weighted by molar-refractivity contribution is 9.10. The molecule has 2 N–H and O–H groups in total. The first kappa shape index (κ1) is 13.6. The van der Waals surface area contributed by atoms with Gasteiger partial charge >= 0.3 is 0 Å². The van der Waals surface area contributed by atoms with Crippen LogP contribution in [0.25, 0.3) is 0 Å². The van der Waals surface area contributed by atoms with Gasteiger partial charge < -0.3 is 5.73 Å². The lowest BCUT2D eigenvalue weighted by molar-refractivity contribution is 0.602. The smallest absolute Gasteiger partial charge is 0.0637 e. The van der Waals surface area contributed by atoms with Gasteiger partial charge in [-0.1, -0.05) is 51.8 Å². The van der Waals surface area contributed by atoms with Gasteiger partial charge in [0.1, 0.15) is 0 Å². The molecule has 0 bridgehead atoms. The fourth-order valence-corrected chi connectivity index (χ4v) is 2.47.